The maximum atomic E-state index is 13.5. The summed E-state index contributed by atoms with van der Waals surface area (Å²) in [6, 6.07) is 9.58. The number of carbonyl (C=O) groups is 2. The van der Waals surface area contributed by atoms with Gasteiger partial charge in [-0.25, -0.2) is 9.18 Å². The molecule has 0 unspecified atom stereocenters. The van der Waals surface area contributed by atoms with Crippen molar-refractivity contribution in [3.8, 4) is 0 Å². The summed E-state index contributed by atoms with van der Waals surface area (Å²) in [7, 11) is 0. The molecule has 1 aliphatic heterocycles. The van der Waals surface area contributed by atoms with E-state index in [1.165, 1.54) is 12.1 Å². The van der Waals surface area contributed by atoms with Gasteiger partial charge in [-0.05, 0) is 50.1 Å². The van der Waals surface area contributed by atoms with Crippen molar-refractivity contribution in [1.82, 2.24) is 19.7 Å². The number of carbonyl (C=O) groups excluding carboxylic acids is 2. The molecule has 2 aromatic rings. The Balaban J connectivity index is 1.85. The molecule has 156 valence electrons. The summed E-state index contributed by atoms with van der Waals surface area (Å²) >= 11 is 0. The molecule has 0 spiro atoms. The largest absolute Gasteiger partial charge is 0.348 e. The summed E-state index contributed by atoms with van der Waals surface area (Å²) in [4.78, 5) is 29.2. The summed E-state index contributed by atoms with van der Waals surface area (Å²) in [5, 5.41) is 2.85. The van der Waals surface area contributed by atoms with Crippen LogP contribution in [-0.2, 0) is 11.3 Å². The molecule has 29 heavy (non-hydrogen) atoms. The van der Waals surface area contributed by atoms with Gasteiger partial charge in [0, 0.05) is 37.6 Å². The fourth-order valence-corrected chi connectivity index (χ4v) is 3.71. The normalized spacial score (nSPS) is 15.9. The summed E-state index contributed by atoms with van der Waals surface area (Å²) in [5.74, 6) is -0.427. The highest BCUT2D eigenvalue weighted by Crippen LogP contribution is 2.32. The van der Waals surface area contributed by atoms with Gasteiger partial charge in [0.05, 0.1) is 6.04 Å². The van der Waals surface area contributed by atoms with E-state index in [4.69, 9.17) is 0 Å². The van der Waals surface area contributed by atoms with Gasteiger partial charge in [-0.3, -0.25) is 4.79 Å². The van der Waals surface area contributed by atoms with Crippen LogP contribution >= 0.6 is 0 Å². The highest BCUT2D eigenvalue weighted by molar-refractivity contribution is 5.85. The first-order valence-corrected chi connectivity index (χ1v) is 10.2. The molecule has 0 bridgehead atoms. The third kappa shape index (κ3) is 4.60. The first-order chi connectivity index (χ1) is 13.9. The average molecular weight is 400 g/mol. The number of nitrogens with one attached hydrogen (secondary N) is 1. The van der Waals surface area contributed by atoms with Gasteiger partial charge in [0.25, 0.3) is 0 Å². The first kappa shape index (κ1) is 20.9. The van der Waals surface area contributed by atoms with Crippen LogP contribution in [0.1, 0.15) is 44.5 Å². The molecular weight excluding hydrogens is 371 g/mol. The van der Waals surface area contributed by atoms with E-state index >= 15 is 0 Å². The van der Waals surface area contributed by atoms with Crippen LogP contribution in [0.3, 0.4) is 0 Å². The van der Waals surface area contributed by atoms with Crippen molar-refractivity contribution in [2.24, 2.45) is 0 Å². The molecule has 1 aromatic heterocycles. The molecule has 0 aliphatic carbocycles. The van der Waals surface area contributed by atoms with Crippen LogP contribution < -0.4 is 5.32 Å². The number of amides is 3. The van der Waals surface area contributed by atoms with Gasteiger partial charge in [0.1, 0.15) is 12.4 Å². The van der Waals surface area contributed by atoms with Gasteiger partial charge in [-0.2, -0.15) is 0 Å². The number of aromatic nitrogens is 1. The maximum absolute atomic E-state index is 13.5. The first-order valence-electron chi connectivity index (χ1n) is 10.2. The lowest BCUT2D eigenvalue weighted by molar-refractivity contribution is -0.134. The highest BCUT2D eigenvalue weighted by Gasteiger charge is 2.33. The predicted octanol–water partition coefficient (Wildman–Crippen LogP) is 3.39. The second-order valence-corrected chi connectivity index (χ2v) is 7.62. The molecule has 1 N–H and O–H groups in total. The number of fused-ring (bicyclic) bond motifs is 1. The van der Waals surface area contributed by atoms with E-state index < -0.39 is 0 Å². The van der Waals surface area contributed by atoms with Gasteiger partial charge in [-0.15, -0.1) is 0 Å². The van der Waals surface area contributed by atoms with Crippen LogP contribution in [0, 0.1) is 5.82 Å². The Morgan fingerprint density at radius 1 is 1.21 bits per heavy atom. The van der Waals surface area contributed by atoms with Gasteiger partial charge >= 0.3 is 6.03 Å². The molecule has 0 saturated carbocycles. The summed E-state index contributed by atoms with van der Waals surface area (Å²) in [6.45, 7) is 7.59. The second kappa shape index (κ2) is 9.11. The van der Waals surface area contributed by atoms with Gasteiger partial charge in [0.15, 0.2) is 0 Å². The third-order valence-corrected chi connectivity index (χ3v) is 5.26. The molecule has 0 fully saturated rings. The van der Waals surface area contributed by atoms with Crippen molar-refractivity contribution in [3.05, 3.63) is 59.7 Å². The Kier molecular flexibility index (Phi) is 6.56. The van der Waals surface area contributed by atoms with Crippen LogP contribution in [-0.4, -0.2) is 52.0 Å². The third-order valence-electron chi connectivity index (χ3n) is 5.26. The molecule has 2 heterocycles. The van der Waals surface area contributed by atoms with E-state index in [2.05, 4.69) is 9.88 Å². The monoisotopic (exact) mass is 400 g/mol. The lowest BCUT2D eigenvalue weighted by atomic mass is 9.99. The zero-order chi connectivity index (χ0) is 21.0. The zero-order valence-corrected chi connectivity index (χ0v) is 17.3. The summed E-state index contributed by atoms with van der Waals surface area (Å²) in [6.07, 6.45) is 2.83. The smallest absolute Gasteiger partial charge is 0.318 e. The van der Waals surface area contributed by atoms with Crippen molar-refractivity contribution in [1.29, 1.82) is 0 Å². The maximum Gasteiger partial charge on any atom is 0.318 e. The van der Waals surface area contributed by atoms with Crippen molar-refractivity contribution in [2.45, 2.75) is 45.8 Å². The fourth-order valence-electron chi connectivity index (χ4n) is 3.71. The number of hydrogen-bond donors (Lipinski definition) is 1. The number of nitrogens with zero attached hydrogens (tertiary/aromatic N) is 3. The number of benzene rings is 1. The van der Waals surface area contributed by atoms with Crippen LogP contribution in [0.5, 0.6) is 0 Å². The number of halogens is 1. The standard InChI is InChI=1S/C22H29FN4O2/c1-4-11-24-22(29)27(16(2)3)15-20(28)26-14-13-25-12-5-6-19(25)21(26)17-7-9-18(23)10-8-17/h5-10,12,16,21H,4,11,13-15H2,1-3H3,(H,24,29)/t21-/m0/s1. The topological polar surface area (TPSA) is 57.6 Å². The van der Waals surface area contributed by atoms with Crippen LogP contribution in [0.2, 0.25) is 0 Å². The number of hydrogen-bond acceptors (Lipinski definition) is 2. The molecule has 1 aliphatic rings. The quantitative estimate of drug-likeness (QED) is 0.808. The molecule has 1 aromatic carbocycles. The predicted molar refractivity (Wildman–Crippen MR) is 110 cm³/mol. The van der Waals surface area contributed by atoms with Crippen molar-refractivity contribution in [3.63, 3.8) is 0 Å². The van der Waals surface area contributed by atoms with Crippen molar-refractivity contribution in [2.75, 3.05) is 19.6 Å². The molecule has 3 rings (SSSR count). The molecular formula is C22H29FN4O2. The molecule has 6 nitrogen and oxygen atoms in total. The Bertz CT molecular complexity index is 847. The Morgan fingerprint density at radius 2 is 1.93 bits per heavy atom. The van der Waals surface area contributed by atoms with Crippen molar-refractivity contribution >= 4 is 11.9 Å². The lowest BCUT2D eigenvalue weighted by Crippen LogP contribution is -2.52. The molecule has 1 atom stereocenters. The van der Waals surface area contributed by atoms with E-state index in [1.807, 2.05) is 39.1 Å². The molecule has 3 amide bonds. The van der Waals surface area contributed by atoms with Gasteiger partial charge in [-0.1, -0.05) is 19.1 Å². The Hall–Kier alpha value is -2.83. The van der Waals surface area contributed by atoms with Gasteiger partial charge in [0.2, 0.25) is 5.91 Å². The lowest BCUT2D eigenvalue weighted by Gasteiger charge is -2.39. The minimum atomic E-state index is -0.309. The van der Waals surface area contributed by atoms with Crippen LogP contribution in [0.15, 0.2) is 42.6 Å². The fraction of sp³-hybridized carbons (Fsp3) is 0.455. The highest BCUT2D eigenvalue weighted by atomic mass is 19.1. The number of rotatable bonds is 6. The SMILES string of the molecule is CCCNC(=O)N(CC(=O)N1CCn2cccc2[C@@H]1c1ccc(F)cc1)C(C)C. The van der Waals surface area contributed by atoms with E-state index in [9.17, 15) is 14.0 Å². The van der Waals surface area contributed by atoms with E-state index in [1.54, 1.807) is 21.9 Å². The minimum absolute atomic E-state index is 0.00557. The summed E-state index contributed by atoms with van der Waals surface area (Å²) < 4.78 is 15.6. The number of urea groups is 1. The van der Waals surface area contributed by atoms with Crippen molar-refractivity contribution < 1.29 is 14.0 Å². The Morgan fingerprint density at radius 3 is 2.59 bits per heavy atom. The zero-order valence-electron chi connectivity index (χ0n) is 17.3. The summed E-state index contributed by atoms with van der Waals surface area (Å²) in [5.41, 5.74) is 1.84. The van der Waals surface area contributed by atoms with E-state index in [-0.39, 0.29) is 36.4 Å². The van der Waals surface area contributed by atoms with E-state index in [0.29, 0.717) is 19.6 Å². The minimum Gasteiger partial charge on any atom is -0.348 e. The average Bonchev–Trinajstić information content (AvgIpc) is 3.18. The molecule has 0 saturated heterocycles. The molecule has 7 heteroatoms. The van der Waals surface area contributed by atoms with E-state index in [0.717, 1.165) is 17.7 Å². The van der Waals surface area contributed by atoms with Crippen LogP contribution in [0.25, 0.3) is 0 Å². The second-order valence-electron chi connectivity index (χ2n) is 7.62. The molecule has 0 radical (unpaired) electrons. The van der Waals surface area contributed by atoms with Crippen LogP contribution in [0.4, 0.5) is 9.18 Å². The van der Waals surface area contributed by atoms with Gasteiger partial charge < -0.3 is 19.7 Å². The Labute approximate surface area is 171 Å².